The second-order valence-electron chi connectivity index (χ2n) is 6.33. The van der Waals surface area contributed by atoms with Gasteiger partial charge in [-0.05, 0) is 56.2 Å². The SMILES string of the molecule is Cc1cccc(NC(=O)[C@@H]2CC(=O)N(c3ccc(C)c(C)c3)C2)n1. The van der Waals surface area contributed by atoms with Crippen LogP contribution < -0.4 is 10.2 Å². The Hall–Kier alpha value is -2.69. The quantitative estimate of drug-likeness (QED) is 0.944. The molecule has 5 nitrogen and oxygen atoms in total. The monoisotopic (exact) mass is 323 g/mol. The summed E-state index contributed by atoms with van der Waals surface area (Å²) in [5.74, 6) is -0.0121. The minimum Gasteiger partial charge on any atom is -0.312 e. The van der Waals surface area contributed by atoms with Crippen LogP contribution in [0.25, 0.3) is 0 Å². The van der Waals surface area contributed by atoms with Crippen molar-refractivity contribution in [2.24, 2.45) is 5.92 Å². The molecule has 1 saturated heterocycles. The number of anilines is 2. The number of carbonyl (C=O) groups excluding carboxylic acids is 2. The maximum Gasteiger partial charge on any atom is 0.230 e. The molecule has 5 heteroatoms. The molecule has 1 N–H and O–H groups in total. The highest BCUT2D eigenvalue weighted by molar-refractivity contribution is 6.03. The van der Waals surface area contributed by atoms with Crippen LogP contribution in [0.4, 0.5) is 11.5 Å². The zero-order valence-corrected chi connectivity index (χ0v) is 14.2. The molecule has 3 rings (SSSR count). The Morgan fingerprint density at radius 2 is 1.96 bits per heavy atom. The molecule has 2 aromatic rings. The topological polar surface area (TPSA) is 62.3 Å². The van der Waals surface area contributed by atoms with Gasteiger partial charge in [0.15, 0.2) is 0 Å². The highest BCUT2D eigenvalue weighted by atomic mass is 16.2. The van der Waals surface area contributed by atoms with Gasteiger partial charge in [0.25, 0.3) is 0 Å². The lowest BCUT2D eigenvalue weighted by atomic mass is 10.1. The van der Waals surface area contributed by atoms with Crippen LogP contribution in [0.3, 0.4) is 0 Å². The predicted octanol–water partition coefficient (Wildman–Crippen LogP) is 3.00. The molecule has 1 aromatic carbocycles. The molecule has 1 aromatic heterocycles. The first-order valence-electron chi connectivity index (χ1n) is 8.06. The van der Waals surface area contributed by atoms with Gasteiger partial charge in [0, 0.05) is 24.3 Å². The van der Waals surface area contributed by atoms with Crippen LogP contribution in [0.5, 0.6) is 0 Å². The second-order valence-corrected chi connectivity index (χ2v) is 6.33. The summed E-state index contributed by atoms with van der Waals surface area (Å²) in [6, 6.07) is 11.4. The lowest BCUT2D eigenvalue weighted by Crippen LogP contribution is -2.28. The Morgan fingerprint density at radius 1 is 1.17 bits per heavy atom. The molecule has 2 amide bonds. The number of amides is 2. The molecule has 1 atom stereocenters. The van der Waals surface area contributed by atoms with E-state index in [4.69, 9.17) is 0 Å². The standard InChI is InChI=1S/C19H21N3O2/c1-12-7-8-16(9-13(12)2)22-11-15(10-18(22)23)19(24)21-17-6-4-5-14(3)20-17/h4-9,15H,10-11H2,1-3H3,(H,20,21,24)/t15-/m1/s1. The molecule has 0 radical (unpaired) electrons. The maximum atomic E-state index is 12.4. The van der Waals surface area contributed by atoms with Gasteiger partial charge >= 0.3 is 0 Å². The van der Waals surface area contributed by atoms with Crippen LogP contribution in [-0.4, -0.2) is 23.3 Å². The van der Waals surface area contributed by atoms with E-state index < -0.39 is 0 Å². The van der Waals surface area contributed by atoms with Gasteiger partial charge in [-0.1, -0.05) is 12.1 Å². The molecule has 0 bridgehead atoms. The van der Waals surface area contributed by atoms with E-state index in [0.29, 0.717) is 12.4 Å². The minimum atomic E-state index is -0.360. The average Bonchev–Trinajstić information content (AvgIpc) is 2.92. The molecule has 0 saturated carbocycles. The summed E-state index contributed by atoms with van der Waals surface area (Å²) in [5, 5.41) is 2.81. The third-order valence-electron chi connectivity index (χ3n) is 4.44. The summed E-state index contributed by atoms with van der Waals surface area (Å²) in [7, 11) is 0. The van der Waals surface area contributed by atoms with Crippen molar-refractivity contribution in [2.45, 2.75) is 27.2 Å². The van der Waals surface area contributed by atoms with Crippen molar-refractivity contribution < 1.29 is 9.59 Å². The summed E-state index contributed by atoms with van der Waals surface area (Å²) in [4.78, 5) is 30.7. The number of pyridine rings is 1. The molecule has 0 unspecified atom stereocenters. The smallest absolute Gasteiger partial charge is 0.230 e. The lowest BCUT2D eigenvalue weighted by molar-refractivity contribution is -0.122. The number of benzene rings is 1. The Bertz CT molecular complexity index is 801. The highest BCUT2D eigenvalue weighted by Gasteiger charge is 2.35. The summed E-state index contributed by atoms with van der Waals surface area (Å²) in [6.07, 6.45) is 0.227. The normalized spacial score (nSPS) is 17.2. The number of nitrogens with one attached hydrogen (secondary N) is 1. The van der Waals surface area contributed by atoms with Gasteiger partial charge in [0.05, 0.1) is 5.92 Å². The largest absolute Gasteiger partial charge is 0.312 e. The predicted molar refractivity (Wildman–Crippen MR) is 94.0 cm³/mol. The number of nitrogens with zero attached hydrogens (tertiary/aromatic N) is 2. The van der Waals surface area contributed by atoms with Gasteiger partial charge in [-0.15, -0.1) is 0 Å². The average molecular weight is 323 g/mol. The van der Waals surface area contributed by atoms with Crippen molar-refractivity contribution in [1.82, 2.24) is 4.98 Å². The fourth-order valence-electron chi connectivity index (χ4n) is 2.87. The van der Waals surface area contributed by atoms with E-state index >= 15 is 0 Å². The fourth-order valence-corrected chi connectivity index (χ4v) is 2.87. The van der Waals surface area contributed by atoms with Gasteiger partial charge in [0.2, 0.25) is 11.8 Å². The van der Waals surface area contributed by atoms with Crippen molar-refractivity contribution >= 4 is 23.3 Å². The Kier molecular flexibility index (Phi) is 4.34. The van der Waals surface area contributed by atoms with E-state index in [1.54, 1.807) is 11.0 Å². The maximum absolute atomic E-state index is 12.4. The lowest BCUT2D eigenvalue weighted by Gasteiger charge is -2.18. The third kappa shape index (κ3) is 3.30. The second kappa shape index (κ2) is 6.43. The van der Waals surface area contributed by atoms with Crippen molar-refractivity contribution in [3.8, 4) is 0 Å². The van der Waals surface area contributed by atoms with Crippen LogP contribution in [0.15, 0.2) is 36.4 Å². The number of aromatic nitrogens is 1. The van der Waals surface area contributed by atoms with Gasteiger partial charge in [0.1, 0.15) is 5.82 Å². The van der Waals surface area contributed by atoms with Gasteiger partial charge in [-0.25, -0.2) is 4.98 Å². The van der Waals surface area contributed by atoms with E-state index in [9.17, 15) is 9.59 Å². The highest BCUT2D eigenvalue weighted by Crippen LogP contribution is 2.27. The zero-order valence-electron chi connectivity index (χ0n) is 14.2. The first-order chi connectivity index (χ1) is 11.4. The molecule has 124 valence electrons. The Balaban J connectivity index is 1.72. The van der Waals surface area contributed by atoms with E-state index in [-0.39, 0.29) is 24.2 Å². The number of rotatable bonds is 3. The van der Waals surface area contributed by atoms with Crippen LogP contribution in [0.2, 0.25) is 0 Å². The van der Waals surface area contributed by atoms with Crippen LogP contribution in [0.1, 0.15) is 23.2 Å². The summed E-state index contributed by atoms with van der Waals surface area (Å²) < 4.78 is 0. The van der Waals surface area contributed by atoms with Crippen molar-refractivity contribution in [1.29, 1.82) is 0 Å². The molecule has 0 aliphatic carbocycles. The van der Waals surface area contributed by atoms with Crippen LogP contribution in [-0.2, 0) is 9.59 Å². The molecular weight excluding hydrogens is 302 g/mol. The molecule has 0 spiro atoms. The van der Waals surface area contributed by atoms with Crippen molar-refractivity contribution in [2.75, 3.05) is 16.8 Å². The Labute approximate surface area is 141 Å². The van der Waals surface area contributed by atoms with E-state index in [0.717, 1.165) is 16.9 Å². The number of hydrogen-bond acceptors (Lipinski definition) is 3. The zero-order chi connectivity index (χ0) is 17.3. The van der Waals surface area contributed by atoms with E-state index in [2.05, 4.69) is 10.3 Å². The van der Waals surface area contributed by atoms with E-state index in [1.165, 1.54) is 5.56 Å². The summed E-state index contributed by atoms with van der Waals surface area (Å²) in [6.45, 7) is 6.33. The van der Waals surface area contributed by atoms with Crippen LogP contribution >= 0.6 is 0 Å². The molecule has 24 heavy (non-hydrogen) atoms. The van der Waals surface area contributed by atoms with Gasteiger partial charge in [-0.2, -0.15) is 0 Å². The van der Waals surface area contributed by atoms with Gasteiger partial charge in [-0.3, -0.25) is 9.59 Å². The number of aryl methyl sites for hydroxylation is 3. The van der Waals surface area contributed by atoms with Crippen molar-refractivity contribution in [3.05, 3.63) is 53.2 Å². The minimum absolute atomic E-state index is 0.0180. The first kappa shape index (κ1) is 16.2. The first-order valence-corrected chi connectivity index (χ1v) is 8.06. The molecule has 1 aliphatic rings. The summed E-state index contributed by atoms with van der Waals surface area (Å²) >= 11 is 0. The van der Waals surface area contributed by atoms with Gasteiger partial charge < -0.3 is 10.2 Å². The number of carbonyl (C=O) groups is 2. The number of hydrogen-bond donors (Lipinski definition) is 1. The molecule has 1 fully saturated rings. The van der Waals surface area contributed by atoms with Crippen LogP contribution in [0, 0.1) is 26.7 Å². The third-order valence-corrected chi connectivity index (χ3v) is 4.44. The van der Waals surface area contributed by atoms with Crippen molar-refractivity contribution in [3.63, 3.8) is 0 Å². The fraction of sp³-hybridized carbons (Fsp3) is 0.316. The molecular formula is C19H21N3O2. The molecule has 2 heterocycles. The molecule has 1 aliphatic heterocycles. The van der Waals surface area contributed by atoms with E-state index in [1.807, 2.05) is 51.1 Å². The Morgan fingerprint density at radius 3 is 2.67 bits per heavy atom. The summed E-state index contributed by atoms with van der Waals surface area (Å²) in [5.41, 5.74) is 4.02.